The molecular weight excluding hydrogens is 530 g/mol. The molecule has 0 spiro atoms. The van der Waals surface area contributed by atoms with Crippen LogP contribution in [0.4, 0.5) is 14.5 Å². The van der Waals surface area contributed by atoms with Crippen molar-refractivity contribution < 1.29 is 36.7 Å². The summed E-state index contributed by atoms with van der Waals surface area (Å²) in [5.41, 5.74) is -1.24. The van der Waals surface area contributed by atoms with Gasteiger partial charge in [-0.2, -0.15) is 0 Å². The van der Waals surface area contributed by atoms with Crippen LogP contribution >= 0.6 is 11.6 Å². The summed E-state index contributed by atoms with van der Waals surface area (Å²) in [6, 6.07) is 6.63. The average Bonchev–Trinajstić information content (AvgIpc) is 3.43. The molecule has 1 heterocycles. The molecule has 0 aliphatic heterocycles. The van der Waals surface area contributed by atoms with E-state index in [1.54, 1.807) is 0 Å². The number of anilines is 1. The molecule has 0 saturated heterocycles. The molecule has 2 saturated carbocycles. The highest BCUT2D eigenvalue weighted by molar-refractivity contribution is 7.92. The third-order valence-corrected chi connectivity index (χ3v) is 10.2. The molecule has 2 aliphatic rings. The second kappa shape index (κ2) is 9.46. The van der Waals surface area contributed by atoms with Crippen LogP contribution in [0.5, 0.6) is 0 Å². The summed E-state index contributed by atoms with van der Waals surface area (Å²) in [6.45, 7) is 0. The van der Waals surface area contributed by atoms with Crippen LogP contribution in [0.1, 0.15) is 47.7 Å². The van der Waals surface area contributed by atoms with E-state index in [1.165, 1.54) is 30.7 Å². The molecule has 2 fully saturated rings. The Morgan fingerprint density at radius 1 is 1.14 bits per heavy atom. The molecule has 1 amide bonds. The molecule has 37 heavy (non-hydrogen) atoms. The zero-order valence-corrected chi connectivity index (χ0v) is 20.8. The fourth-order valence-electron chi connectivity index (χ4n) is 5.68. The van der Waals surface area contributed by atoms with E-state index in [0.29, 0.717) is 18.4 Å². The minimum atomic E-state index is -4.03. The number of amides is 1. The number of carbonyl (C=O) groups is 1. The lowest BCUT2D eigenvalue weighted by Gasteiger charge is -2.45. The van der Waals surface area contributed by atoms with E-state index in [4.69, 9.17) is 16.1 Å². The predicted molar refractivity (Wildman–Crippen MR) is 129 cm³/mol. The molecule has 2 aromatic carbocycles. The number of hydrogen-bond acceptors (Lipinski definition) is 7. The molecule has 3 N–H and O–H groups in total. The SMILES string of the molecule is O=C(Nc1ccc(F)c(F)c1)c1ccc(Cl)c(S(=O)(=O)C2CC3CC[C@@H](C2)C3(O)C(O)c2cnoc2)c1. The van der Waals surface area contributed by atoms with Crippen LogP contribution in [0.15, 0.2) is 58.3 Å². The minimum Gasteiger partial charge on any atom is -0.386 e. The van der Waals surface area contributed by atoms with E-state index in [2.05, 4.69) is 10.5 Å². The van der Waals surface area contributed by atoms with Crippen LogP contribution in [0.3, 0.4) is 0 Å². The van der Waals surface area contributed by atoms with Crippen LogP contribution in [0.2, 0.25) is 5.02 Å². The van der Waals surface area contributed by atoms with E-state index in [0.717, 1.165) is 18.2 Å². The smallest absolute Gasteiger partial charge is 0.255 e. The molecule has 0 radical (unpaired) electrons. The second-order valence-corrected chi connectivity index (χ2v) is 12.2. The van der Waals surface area contributed by atoms with E-state index < -0.39 is 56.2 Å². The molecule has 1 aromatic heterocycles. The summed E-state index contributed by atoms with van der Waals surface area (Å²) in [5, 5.41) is 27.4. The number of nitrogens with zero attached hydrogens (tertiary/aromatic N) is 1. The Morgan fingerprint density at radius 2 is 1.84 bits per heavy atom. The predicted octanol–water partition coefficient (Wildman–Crippen LogP) is 4.29. The summed E-state index contributed by atoms with van der Waals surface area (Å²) < 4.78 is 58.8. The van der Waals surface area contributed by atoms with Crippen molar-refractivity contribution in [3.05, 3.63) is 76.6 Å². The van der Waals surface area contributed by atoms with Gasteiger partial charge in [0.25, 0.3) is 5.91 Å². The van der Waals surface area contributed by atoms with Gasteiger partial charge in [0.15, 0.2) is 21.5 Å². The lowest BCUT2D eigenvalue weighted by molar-refractivity contribution is -0.144. The quantitative estimate of drug-likeness (QED) is 0.416. The first-order valence-electron chi connectivity index (χ1n) is 11.6. The topological polar surface area (TPSA) is 130 Å². The minimum absolute atomic E-state index is 0.00206. The molecule has 4 unspecified atom stereocenters. The number of benzene rings is 2. The summed E-state index contributed by atoms with van der Waals surface area (Å²) in [5.74, 6) is -3.92. The summed E-state index contributed by atoms with van der Waals surface area (Å²) in [7, 11) is -4.03. The number of hydrogen-bond donors (Lipinski definition) is 3. The number of rotatable bonds is 6. The Balaban J connectivity index is 1.39. The number of aliphatic hydroxyl groups is 2. The summed E-state index contributed by atoms with van der Waals surface area (Å²) >= 11 is 6.26. The van der Waals surface area contributed by atoms with E-state index in [1.807, 2.05) is 0 Å². The maximum atomic E-state index is 13.7. The second-order valence-electron chi connectivity index (χ2n) is 9.59. The standard InChI is InChI=1S/C25H23ClF2N2O6S/c26-19-5-1-13(24(32)30-17-4-6-20(27)21(28)10-17)7-22(19)37(34,35)18-8-15-2-3-16(9-18)25(15,33)23(31)14-11-29-36-12-14/h1,4-7,10-12,15-16,18,23,31,33H,2-3,8-9H2,(H,30,32)/t15-,16?,18?,23?,25?/m0/s1. The fraction of sp³-hybridized carbons (Fsp3) is 0.360. The highest BCUT2D eigenvalue weighted by atomic mass is 35.5. The fourth-order valence-corrected chi connectivity index (χ4v) is 8.08. The van der Waals surface area contributed by atoms with Crippen molar-refractivity contribution in [1.29, 1.82) is 0 Å². The van der Waals surface area contributed by atoms with Crippen molar-refractivity contribution >= 4 is 33.0 Å². The lowest BCUT2D eigenvalue weighted by atomic mass is 9.70. The van der Waals surface area contributed by atoms with Gasteiger partial charge >= 0.3 is 0 Å². The maximum Gasteiger partial charge on any atom is 0.255 e. The van der Waals surface area contributed by atoms with Crippen molar-refractivity contribution in [2.75, 3.05) is 5.32 Å². The van der Waals surface area contributed by atoms with Gasteiger partial charge in [-0.1, -0.05) is 16.8 Å². The summed E-state index contributed by atoms with van der Waals surface area (Å²) in [6.07, 6.45) is 2.58. The van der Waals surface area contributed by atoms with Crippen molar-refractivity contribution in [1.82, 2.24) is 5.16 Å². The Hall–Kier alpha value is -2.86. The van der Waals surface area contributed by atoms with E-state index in [-0.39, 0.29) is 34.0 Å². The number of sulfone groups is 1. The van der Waals surface area contributed by atoms with Gasteiger partial charge in [0.1, 0.15) is 18.0 Å². The molecule has 2 bridgehead atoms. The van der Waals surface area contributed by atoms with Gasteiger partial charge in [-0.05, 0) is 67.9 Å². The molecule has 3 aromatic rings. The van der Waals surface area contributed by atoms with Crippen LogP contribution < -0.4 is 5.32 Å². The zero-order valence-electron chi connectivity index (χ0n) is 19.3. The largest absolute Gasteiger partial charge is 0.386 e. The Morgan fingerprint density at radius 3 is 2.46 bits per heavy atom. The third kappa shape index (κ3) is 4.43. The third-order valence-electron chi connectivity index (χ3n) is 7.59. The van der Waals surface area contributed by atoms with Crippen molar-refractivity contribution in [2.45, 2.75) is 47.5 Å². The molecular formula is C25H23ClF2N2O6S. The molecule has 2 aliphatic carbocycles. The van der Waals surface area contributed by atoms with Crippen LogP contribution in [-0.4, -0.2) is 40.5 Å². The first-order valence-corrected chi connectivity index (χ1v) is 13.5. The van der Waals surface area contributed by atoms with Gasteiger partial charge in [0.2, 0.25) is 0 Å². The van der Waals surface area contributed by atoms with Crippen molar-refractivity contribution in [2.24, 2.45) is 11.8 Å². The molecule has 5 atom stereocenters. The maximum absolute atomic E-state index is 13.7. The van der Waals surface area contributed by atoms with Crippen molar-refractivity contribution in [3.8, 4) is 0 Å². The Bertz CT molecular complexity index is 1440. The Labute approximate surface area is 216 Å². The normalized spacial score (nSPS) is 26.1. The van der Waals surface area contributed by atoms with Crippen LogP contribution in [0.25, 0.3) is 0 Å². The molecule has 12 heteroatoms. The molecule has 5 rings (SSSR count). The molecule has 8 nitrogen and oxygen atoms in total. The van der Waals surface area contributed by atoms with Gasteiger partial charge in [0, 0.05) is 22.9 Å². The number of aliphatic hydroxyl groups excluding tert-OH is 1. The summed E-state index contributed by atoms with van der Waals surface area (Å²) in [4.78, 5) is 12.5. The highest BCUT2D eigenvalue weighted by Gasteiger charge is 2.59. The van der Waals surface area contributed by atoms with Gasteiger partial charge < -0.3 is 20.1 Å². The number of carbonyl (C=O) groups excluding carboxylic acids is 1. The zero-order chi connectivity index (χ0) is 26.5. The van der Waals surface area contributed by atoms with E-state index >= 15 is 0 Å². The number of aromatic nitrogens is 1. The first-order chi connectivity index (χ1) is 17.5. The number of fused-ring (bicyclic) bond motifs is 2. The van der Waals surface area contributed by atoms with Gasteiger partial charge in [-0.25, -0.2) is 17.2 Å². The van der Waals surface area contributed by atoms with E-state index in [9.17, 15) is 32.2 Å². The van der Waals surface area contributed by atoms with Crippen molar-refractivity contribution in [3.63, 3.8) is 0 Å². The Kier molecular flexibility index (Phi) is 6.59. The van der Waals surface area contributed by atoms with Crippen LogP contribution in [0, 0.1) is 23.5 Å². The number of nitrogens with one attached hydrogen (secondary N) is 1. The monoisotopic (exact) mass is 552 g/mol. The van der Waals surface area contributed by atoms with Crippen LogP contribution in [-0.2, 0) is 9.84 Å². The highest BCUT2D eigenvalue weighted by Crippen LogP contribution is 2.56. The van der Waals surface area contributed by atoms with Gasteiger partial charge in [-0.15, -0.1) is 0 Å². The number of halogens is 3. The average molecular weight is 553 g/mol. The van der Waals surface area contributed by atoms with Gasteiger partial charge in [0.05, 0.1) is 21.4 Å². The lowest BCUT2D eigenvalue weighted by Crippen LogP contribution is -2.52. The first kappa shape index (κ1) is 25.8. The van der Waals surface area contributed by atoms with Gasteiger partial charge in [-0.3, -0.25) is 4.79 Å². The molecule has 196 valence electrons.